The molecule has 3 rings (SSSR count). The van der Waals surface area contributed by atoms with E-state index in [1.807, 2.05) is 0 Å². The first-order chi connectivity index (χ1) is 9.72. The molecule has 0 unspecified atom stereocenters. The van der Waals surface area contributed by atoms with Gasteiger partial charge in [0.2, 0.25) is 6.10 Å². The van der Waals surface area contributed by atoms with Crippen LogP contribution in [-0.2, 0) is 9.63 Å². The molecule has 0 aromatic heterocycles. The minimum Gasteiger partial charge on any atom is -0.382 e. The highest BCUT2D eigenvalue weighted by molar-refractivity contribution is 6.04. The van der Waals surface area contributed by atoms with Crippen molar-refractivity contribution in [3.05, 3.63) is 35.6 Å². The number of oxime groups is 1. The molecule has 20 heavy (non-hydrogen) atoms. The molecule has 106 valence electrons. The van der Waals surface area contributed by atoms with Gasteiger partial charge < -0.3 is 10.2 Å². The van der Waals surface area contributed by atoms with Crippen molar-refractivity contribution in [2.24, 2.45) is 5.16 Å². The monoisotopic (exact) mass is 276 g/mol. The van der Waals surface area contributed by atoms with Crippen LogP contribution in [0.1, 0.15) is 37.7 Å². The van der Waals surface area contributed by atoms with E-state index in [2.05, 4.69) is 10.5 Å². The number of halogens is 1. The summed E-state index contributed by atoms with van der Waals surface area (Å²) in [6, 6.07) is 6.33. The maximum Gasteiger partial charge on any atom is 0.264 e. The molecule has 1 N–H and O–H groups in total. The fourth-order valence-electron chi connectivity index (χ4n) is 2.70. The maximum absolute atomic E-state index is 12.9. The van der Waals surface area contributed by atoms with Crippen molar-refractivity contribution in [1.82, 2.24) is 5.32 Å². The molecule has 4 nitrogen and oxygen atoms in total. The van der Waals surface area contributed by atoms with E-state index in [1.54, 1.807) is 12.1 Å². The quantitative estimate of drug-likeness (QED) is 0.921. The molecular weight excluding hydrogens is 259 g/mol. The number of nitrogens with one attached hydrogen (secondary N) is 1. The number of amides is 1. The molecule has 1 aliphatic carbocycles. The van der Waals surface area contributed by atoms with Crippen LogP contribution in [0.25, 0.3) is 0 Å². The molecule has 0 spiro atoms. The van der Waals surface area contributed by atoms with Crippen LogP contribution in [0.15, 0.2) is 29.4 Å². The van der Waals surface area contributed by atoms with Gasteiger partial charge in [-0.25, -0.2) is 4.39 Å². The van der Waals surface area contributed by atoms with Crippen LogP contribution in [-0.4, -0.2) is 23.8 Å². The molecule has 1 saturated carbocycles. The zero-order valence-electron chi connectivity index (χ0n) is 11.1. The SMILES string of the molecule is O=C(NC1CCCC1)[C@@H]1CC(c2ccc(F)cc2)=NO1. The molecule has 1 aromatic carbocycles. The molecule has 1 heterocycles. The number of hydrogen-bond donors (Lipinski definition) is 1. The van der Waals surface area contributed by atoms with E-state index in [4.69, 9.17) is 4.84 Å². The predicted octanol–water partition coefficient (Wildman–Crippen LogP) is 2.38. The molecule has 2 aliphatic rings. The Kier molecular flexibility index (Phi) is 3.67. The highest BCUT2D eigenvalue weighted by Crippen LogP contribution is 2.20. The minimum absolute atomic E-state index is 0.0993. The average Bonchev–Trinajstić information content (AvgIpc) is 3.10. The summed E-state index contributed by atoms with van der Waals surface area (Å²) in [6.45, 7) is 0. The van der Waals surface area contributed by atoms with Crippen molar-refractivity contribution in [2.75, 3.05) is 0 Å². The Morgan fingerprint density at radius 3 is 2.65 bits per heavy atom. The molecule has 1 aliphatic heterocycles. The first-order valence-electron chi connectivity index (χ1n) is 7.01. The molecule has 1 atom stereocenters. The summed E-state index contributed by atoms with van der Waals surface area (Å²) in [4.78, 5) is 17.3. The number of carbonyl (C=O) groups excluding carboxylic acids is 1. The van der Waals surface area contributed by atoms with E-state index in [1.165, 1.54) is 25.0 Å². The topological polar surface area (TPSA) is 50.7 Å². The third kappa shape index (κ3) is 2.81. The van der Waals surface area contributed by atoms with Crippen LogP contribution in [0.4, 0.5) is 4.39 Å². The van der Waals surface area contributed by atoms with Gasteiger partial charge in [0.25, 0.3) is 5.91 Å². The maximum atomic E-state index is 12.9. The highest BCUT2D eigenvalue weighted by Gasteiger charge is 2.30. The molecule has 5 heteroatoms. The van der Waals surface area contributed by atoms with Crippen molar-refractivity contribution in [1.29, 1.82) is 0 Å². The second-order valence-electron chi connectivity index (χ2n) is 5.33. The summed E-state index contributed by atoms with van der Waals surface area (Å²) in [5.41, 5.74) is 1.49. The molecule has 0 saturated heterocycles. The fraction of sp³-hybridized carbons (Fsp3) is 0.467. The van der Waals surface area contributed by atoms with Crippen molar-refractivity contribution in [2.45, 2.75) is 44.2 Å². The van der Waals surface area contributed by atoms with Crippen LogP contribution in [0.3, 0.4) is 0 Å². The molecule has 1 fully saturated rings. The predicted molar refractivity (Wildman–Crippen MR) is 72.8 cm³/mol. The summed E-state index contributed by atoms with van der Waals surface area (Å²) in [5.74, 6) is -0.387. The Morgan fingerprint density at radius 1 is 1.25 bits per heavy atom. The highest BCUT2D eigenvalue weighted by atomic mass is 19.1. The smallest absolute Gasteiger partial charge is 0.264 e. The lowest BCUT2D eigenvalue weighted by molar-refractivity contribution is -0.131. The van der Waals surface area contributed by atoms with Crippen LogP contribution in [0.5, 0.6) is 0 Å². The lowest BCUT2D eigenvalue weighted by Crippen LogP contribution is -2.40. The molecule has 0 radical (unpaired) electrons. The Bertz CT molecular complexity index is 521. The van der Waals surface area contributed by atoms with Gasteiger partial charge in [-0.05, 0) is 30.5 Å². The number of carbonyl (C=O) groups is 1. The van der Waals surface area contributed by atoms with E-state index in [0.717, 1.165) is 18.4 Å². The van der Waals surface area contributed by atoms with E-state index >= 15 is 0 Å². The number of rotatable bonds is 3. The summed E-state index contributed by atoms with van der Waals surface area (Å²) in [6.07, 6.45) is 4.32. The Hall–Kier alpha value is -1.91. The van der Waals surface area contributed by atoms with Crippen LogP contribution in [0.2, 0.25) is 0 Å². The van der Waals surface area contributed by atoms with Gasteiger partial charge in [0, 0.05) is 12.5 Å². The Balaban J connectivity index is 1.57. The number of benzene rings is 1. The van der Waals surface area contributed by atoms with Crippen molar-refractivity contribution >= 4 is 11.6 Å². The lowest BCUT2D eigenvalue weighted by atomic mass is 10.0. The van der Waals surface area contributed by atoms with E-state index in [9.17, 15) is 9.18 Å². The standard InChI is InChI=1S/C15H17FN2O2/c16-11-7-5-10(6-8-11)13-9-14(20-18-13)15(19)17-12-3-1-2-4-12/h5-8,12,14H,1-4,9H2,(H,17,19)/t14-/m0/s1. The van der Waals surface area contributed by atoms with E-state index in [0.29, 0.717) is 12.1 Å². The number of nitrogens with zero attached hydrogens (tertiary/aromatic N) is 1. The van der Waals surface area contributed by atoms with Crippen LogP contribution < -0.4 is 5.32 Å². The average molecular weight is 276 g/mol. The van der Waals surface area contributed by atoms with Gasteiger partial charge in [0.15, 0.2) is 0 Å². The fourth-order valence-corrected chi connectivity index (χ4v) is 2.70. The van der Waals surface area contributed by atoms with Crippen LogP contribution in [0, 0.1) is 5.82 Å². The third-order valence-electron chi connectivity index (χ3n) is 3.84. The van der Waals surface area contributed by atoms with Crippen molar-refractivity contribution < 1.29 is 14.0 Å². The van der Waals surface area contributed by atoms with Gasteiger partial charge in [-0.2, -0.15) is 0 Å². The van der Waals surface area contributed by atoms with Gasteiger partial charge in [-0.3, -0.25) is 4.79 Å². The Morgan fingerprint density at radius 2 is 1.95 bits per heavy atom. The first-order valence-corrected chi connectivity index (χ1v) is 7.01. The van der Waals surface area contributed by atoms with Crippen molar-refractivity contribution in [3.8, 4) is 0 Å². The largest absolute Gasteiger partial charge is 0.382 e. The molecule has 1 aromatic rings. The molecule has 1 amide bonds. The second-order valence-corrected chi connectivity index (χ2v) is 5.33. The third-order valence-corrected chi connectivity index (χ3v) is 3.84. The van der Waals surface area contributed by atoms with Gasteiger partial charge >= 0.3 is 0 Å². The first kappa shape index (κ1) is 13.1. The van der Waals surface area contributed by atoms with Gasteiger partial charge in [-0.15, -0.1) is 0 Å². The van der Waals surface area contributed by atoms with Crippen LogP contribution >= 0.6 is 0 Å². The Labute approximate surface area is 117 Å². The summed E-state index contributed by atoms with van der Waals surface area (Å²) in [7, 11) is 0. The normalized spacial score (nSPS) is 22.4. The summed E-state index contributed by atoms with van der Waals surface area (Å²) >= 11 is 0. The van der Waals surface area contributed by atoms with Gasteiger partial charge in [0.1, 0.15) is 5.82 Å². The van der Waals surface area contributed by atoms with Gasteiger partial charge in [-0.1, -0.05) is 30.1 Å². The van der Waals surface area contributed by atoms with Gasteiger partial charge in [0.05, 0.1) is 5.71 Å². The molecule has 0 bridgehead atoms. The summed E-state index contributed by atoms with van der Waals surface area (Å²) in [5, 5.41) is 6.95. The number of hydrogen-bond acceptors (Lipinski definition) is 3. The van der Waals surface area contributed by atoms with E-state index in [-0.39, 0.29) is 17.8 Å². The minimum atomic E-state index is -0.560. The zero-order valence-corrected chi connectivity index (χ0v) is 11.1. The van der Waals surface area contributed by atoms with E-state index < -0.39 is 6.10 Å². The molecular formula is C15H17FN2O2. The van der Waals surface area contributed by atoms with Crippen molar-refractivity contribution in [3.63, 3.8) is 0 Å². The second kappa shape index (κ2) is 5.61. The zero-order chi connectivity index (χ0) is 13.9. The lowest BCUT2D eigenvalue weighted by Gasteiger charge is -2.14. The summed E-state index contributed by atoms with van der Waals surface area (Å²) < 4.78 is 12.9.